The fourth-order valence-electron chi connectivity index (χ4n) is 2.24. The van der Waals surface area contributed by atoms with E-state index >= 15 is 0 Å². The van der Waals surface area contributed by atoms with Crippen molar-refractivity contribution in [2.75, 3.05) is 7.11 Å². The number of ether oxygens (including phenoxy) is 1. The molecule has 0 aromatic rings. The summed E-state index contributed by atoms with van der Waals surface area (Å²) in [6.45, 7) is 5.75. The van der Waals surface area contributed by atoms with E-state index in [4.69, 9.17) is 4.74 Å². The highest BCUT2D eigenvalue weighted by atomic mass is 19.4. The number of hydrogen-bond acceptors (Lipinski definition) is 1. The molecule has 1 nitrogen and oxygen atoms in total. The van der Waals surface area contributed by atoms with Crippen LogP contribution in [0.3, 0.4) is 0 Å². The van der Waals surface area contributed by atoms with Crippen LogP contribution in [0.25, 0.3) is 0 Å². The van der Waals surface area contributed by atoms with Gasteiger partial charge in [0.1, 0.15) is 0 Å². The second kappa shape index (κ2) is 5.63. The zero-order valence-electron chi connectivity index (χ0n) is 11.1. The molecule has 4 heteroatoms. The first-order chi connectivity index (χ1) is 8.31. The maximum Gasteiger partial charge on any atom is 0.416 e. The molecule has 0 heterocycles. The third-order valence-electron chi connectivity index (χ3n) is 3.55. The summed E-state index contributed by atoms with van der Waals surface area (Å²) >= 11 is 0. The minimum absolute atomic E-state index is 0.0534. The Kier molecular flexibility index (Phi) is 4.65. The molecule has 0 aromatic heterocycles. The van der Waals surface area contributed by atoms with Gasteiger partial charge in [-0.3, -0.25) is 0 Å². The number of allylic oxidation sites excluding steroid dienone is 6. The van der Waals surface area contributed by atoms with Crippen LogP contribution in [-0.2, 0) is 4.74 Å². The molecule has 0 saturated carbocycles. The predicted octanol–water partition coefficient (Wildman–Crippen LogP) is 4.63. The van der Waals surface area contributed by atoms with Gasteiger partial charge in [-0.25, -0.2) is 0 Å². The number of methoxy groups -OCH3 is 1. The first kappa shape index (κ1) is 14.9. The van der Waals surface area contributed by atoms with E-state index in [0.717, 1.165) is 11.6 Å². The van der Waals surface area contributed by atoms with Crippen molar-refractivity contribution in [1.82, 2.24) is 0 Å². The highest BCUT2D eigenvalue weighted by Gasteiger charge is 2.35. The lowest BCUT2D eigenvalue weighted by atomic mass is 9.84. The van der Waals surface area contributed by atoms with Crippen LogP contribution in [0.1, 0.15) is 27.2 Å². The van der Waals surface area contributed by atoms with Gasteiger partial charge in [-0.2, -0.15) is 13.2 Å². The molecule has 0 amide bonds. The molecule has 1 rings (SSSR count). The smallest absolute Gasteiger partial charge is 0.416 e. The number of hydrogen-bond donors (Lipinski definition) is 0. The van der Waals surface area contributed by atoms with Gasteiger partial charge in [0.2, 0.25) is 0 Å². The molecular weight excluding hydrogens is 241 g/mol. The Hall–Kier alpha value is -1.19. The average molecular weight is 260 g/mol. The molecule has 1 unspecified atom stereocenters. The lowest BCUT2D eigenvalue weighted by molar-refractivity contribution is -0.0886. The molecule has 0 bridgehead atoms. The van der Waals surface area contributed by atoms with E-state index in [1.807, 2.05) is 26.8 Å². The maximum absolute atomic E-state index is 12.8. The maximum atomic E-state index is 12.8. The van der Waals surface area contributed by atoms with Crippen LogP contribution < -0.4 is 0 Å². The lowest BCUT2D eigenvalue weighted by Crippen LogP contribution is -2.15. The summed E-state index contributed by atoms with van der Waals surface area (Å²) in [4.78, 5) is 0. The number of alkyl halides is 3. The topological polar surface area (TPSA) is 9.23 Å². The lowest BCUT2D eigenvalue weighted by Gasteiger charge is -2.24. The zero-order valence-corrected chi connectivity index (χ0v) is 11.1. The average Bonchev–Trinajstić information content (AvgIpc) is 2.47. The highest BCUT2D eigenvalue weighted by molar-refractivity contribution is 5.31. The largest absolute Gasteiger partial charge is 0.501 e. The van der Waals surface area contributed by atoms with Crippen LogP contribution in [0, 0.1) is 11.8 Å². The Balaban J connectivity index is 3.17. The van der Waals surface area contributed by atoms with Crippen LogP contribution in [0.2, 0.25) is 0 Å². The normalized spacial score (nSPS) is 26.3. The van der Waals surface area contributed by atoms with Crippen LogP contribution in [0.5, 0.6) is 0 Å². The van der Waals surface area contributed by atoms with Crippen LogP contribution in [0.4, 0.5) is 13.2 Å². The van der Waals surface area contributed by atoms with Crippen molar-refractivity contribution in [3.63, 3.8) is 0 Å². The first-order valence-electron chi connectivity index (χ1n) is 5.97. The van der Waals surface area contributed by atoms with E-state index in [0.29, 0.717) is 12.2 Å². The minimum Gasteiger partial charge on any atom is -0.501 e. The van der Waals surface area contributed by atoms with Crippen LogP contribution >= 0.6 is 0 Å². The molecule has 0 aliphatic heterocycles. The van der Waals surface area contributed by atoms with E-state index in [1.54, 1.807) is 0 Å². The van der Waals surface area contributed by atoms with Gasteiger partial charge in [-0.05, 0) is 32.3 Å². The third kappa shape index (κ3) is 3.18. The van der Waals surface area contributed by atoms with E-state index in [9.17, 15) is 13.2 Å². The molecule has 0 radical (unpaired) electrons. The van der Waals surface area contributed by atoms with Crippen LogP contribution in [0.15, 0.2) is 35.1 Å². The highest BCUT2D eigenvalue weighted by Crippen LogP contribution is 2.38. The molecule has 1 aliphatic carbocycles. The molecule has 102 valence electrons. The van der Waals surface area contributed by atoms with Gasteiger partial charge in [0.05, 0.1) is 18.4 Å². The summed E-state index contributed by atoms with van der Waals surface area (Å²) in [6, 6.07) is 0. The van der Waals surface area contributed by atoms with Crippen molar-refractivity contribution >= 4 is 0 Å². The van der Waals surface area contributed by atoms with E-state index in [1.165, 1.54) is 13.2 Å². The summed E-state index contributed by atoms with van der Waals surface area (Å²) in [5.41, 5.74) is 0.475. The van der Waals surface area contributed by atoms with Crippen molar-refractivity contribution < 1.29 is 17.9 Å². The van der Waals surface area contributed by atoms with Gasteiger partial charge >= 0.3 is 6.18 Å². The minimum atomic E-state index is -4.32. The summed E-state index contributed by atoms with van der Waals surface area (Å²) in [6.07, 6.45) is 0.395. The molecule has 18 heavy (non-hydrogen) atoms. The van der Waals surface area contributed by atoms with Crippen molar-refractivity contribution in [3.05, 3.63) is 35.1 Å². The molecule has 0 fully saturated rings. The molecule has 0 spiro atoms. The summed E-state index contributed by atoms with van der Waals surface area (Å²) < 4.78 is 43.5. The molecule has 0 aromatic carbocycles. The Morgan fingerprint density at radius 3 is 2.50 bits per heavy atom. The van der Waals surface area contributed by atoms with Gasteiger partial charge in [-0.15, -0.1) is 0 Å². The van der Waals surface area contributed by atoms with Gasteiger partial charge in [-0.1, -0.05) is 24.6 Å². The molecule has 2 atom stereocenters. The summed E-state index contributed by atoms with van der Waals surface area (Å²) in [5.74, 6) is 0.394. The first-order valence-corrected chi connectivity index (χ1v) is 5.97. The fraction of sp³-hybridized carbons (Fsp3) is 0.571. The van der Waals surface area contributed by atoms with Crippen molar-refractivity contribution in [2.24, 2.45) is 11.8 Å². The number of rotatable bonds is 2. The fourth-order valence-corrected chi connectivity index (χ4v) is 2.24. The summed E-state index contributed by atoms with van der Waals surface area (Å²) in [7, 11) is 1.42. The van der Waals surface area contributed by atoms with Gasteiger partial charge < -0.3 is 4.74 Å². The quantitative estimate of drug-likeness (QED) is 0.658. The van der Waals surface area contributed by atoms with Gasteiger partial charge in [0, 0.05) is 5.92 Å². The Bertz CT molecular complexity index is 388. The predicted molar refractivity (Wildman–Crippen MR) is 65.9 cm³/mol. The zero-order chi connectivity index (χ0) is 13.9. The standard InChI is InChI=1S/C14H19F3O/c1-5-9(2)12-7-6-11(14(15,16)17)8-13(18-4)10(12)3/h5-6,8,10,12H,7H2,1-4H3/b9-5-/t10?,12-/m0/s1. The van der Waals surface area contributed by atoms with Crippen LogP contribution in [-0.4, -0.2) is 13.3 Å². The molecule has 0 N–H and O–H groups in total. The Morgan fingerprint density at radius 1 is 1.44 bits per heavy atom. The van der Waals surface area contributed by atoms with E-state index in [-0.39, 0.29) is 11.8 Å². The molecular formula is C14H19F3O. The second-order valence-electron chi connectivity index (χ2n) is 4.57. The molecule has 0 saturated heterocycles. The summed E-state index contributed by atoms with van der Waals surface area (Å²) in [5, 5.41) is 0. The third-order valence-corrected chi connectivity index (χ3v) is 3.55. The van der Waals surface area contributed by atoms with Gasteiger partial charge in [0.15, 0.2) is 0 Å². The SMILES string of the molecule is C/C=C(/C)[C@@H]1CC=C(C(F)(F)F)C=C(OC)C1C. The monoisotopic (exact) mass is 260 g/mol. The molecule has 1 aliphatic rings. The van der Waals surface area contributed by atoms with Crippen molar-refractivity contribution in [2.45, 2.75) is 33.4 Å². The number of halogens is 3. The Labute approximate surface area is 106 Å². The van der Waals surface area contributed by atoms with E-state index < -0.39 is 11.7 Å². The second-order valence-corrected chi connectivity index (χ2v) is 4.57. The Morgan fingerprint density at radius 2 is 2.06 bits per heavy atom. The van der Waals surface area contributed by atoms with E-state index in [2.05, 4.69) is 0 Å². The van der Waals surface area contributed by atoms with Gasteiger partial charge in [0.25, 0.3) is 0 Å². The van der Waals surface area contributed by atoms with Crippen molar-refractivity contribution in [1.29, 1.82) is 0 Å². The van der Waals surface area contributed by atoms with Crippen molar-refractivity contribution in [3.8, 4) is 0 Å².